The van der Waals surface area contributed by atoms with Gasteiger partial charge in [0.1, 0.15) is 0 Å². The Labute approximate surface area is 197 Å². The van der Waals surface area contributed by atoms with E-state index in [0.717, 1.165) is 22.6 Å². The first-order valence-electron chi connectivity index (χ1n) is 10.5. The molecular formula is C26H25N3O3S. The highest BCUT2D eigenvalue weighted by molar-refractivity contribution is 8.18. The number of amidine groups is 1. The van der Waals surface area contributed by atoms with E-state index >= 15 is 0 Å². The molecule has 0 bridgehead atoms. The van der Waals surface area contributed by atoms with Crippen LogP contribution in [0.25, 0.3) is 11.8 Å². The fourth-order valence-corrected chi connectivity index (χ4v) is 4.84. The molecule has 0 aliphatic carbocycles. The van der Waals surface area contributed by atoms with Crippen LogP contribution in [0.3, 0.4) is 0 Å². The van der Waals surface area contributed by atoms with Gasteiger partial charge >= 0.3 is 5.97 Å². The van der Waals surface area contributed by atoms with Crippen molar-refractivity contribution < 1.29 is 14.7 Å². The molecule has 7 heteroatoms. The lowest BCUT2D eigenvalue weighted by molar-refractivity contribution is -0.121. The molecule has 0 unspecified atom stereocenters. The molecule has 1 aromatic heterocycles. The van der Waals surface area contributed by atoms with Gasteiger partial charge in [0.15, 0.2) is 5.17 Å². The lowest BCUT2D eigenvalue weighted by Crippen LogP contribution is -2.23. The number of likely N-dealkylation sites (N-methyl/N-ethyl adjacent to an activating group) is 1. The average molecular weight is 460 g/mol. The molecule has 1 aliphatic rings. The number of thioether (sulfide) groups is 1. The van der Waals surface area contributed by atoms with Crippen molar-refractivity contribution in [3.63, 3.8) is 0 Å². The Morgan fingerprint density at radius 3 is 2.42 bits per heavy atom. The van der Waals surface area contributed by atoms with Gasteiger partial charge in [-0.05, 0) is 98.6 Å². The molecule has 0 spiro atoms. The molecule has 168 valence electrons. The van der Waals surface area contributed by atoms with E-state index in [0.29, 0.717) is 15.8 Å². The van der Waals surface area contributed by atoms with Crippen LogP contribution in [0.2, 0.25) is 0 Å². The smallest absolute Gasteiger partial charge is 0.335 e. The second-order valence-electron chi connectivity index (χ2n) is 8.10. The Hall–Kier alpha value is -3.58. The number of carboxylic acid groups (broad SMARTS) is 1. The normalized spacial score (nSPS) is 16.3. The molecule has 1 aliphatic heterocycles. The van der Waals surface area contributed by atoms with Crippen LogP contribution in [0.5, 0.6) is 0 Å². The maximum Gasteiger partial charge on any atom is 0.335 e. The van der Waals surface area contributed by atoms with Gasteiger partial charge in [0, 0.05) is 24.1 Å². The zero-order valence-electron chi connectivity index (χ0n) is 19.2. The molecule has 1 N–H and O–H groups in total. The average Bonchev–Trinajstić information content (AvgIpc) is 3.20. The van der Waals surface area contributed by atoms with Crippen molar-refractivity contribution in [3.8, 4) is 5.69 Å². The van der Waals surface area contributed by atoms with Crippen molar-refractivity contribution in [1.82, 2.24) is 9.47 Å². The van der Waals surface area contributed by atoms with E-state index in [1.54, 1.807) is 19.2 Å². The lowest BCUT2D eigenvalue weighted by Gasteiger charge is -2.14. The maximum atomic E-state index is 12.9. The van der Waals surface area contributed by atoms with Crippen molar-refractivity contribution in [1.29, 1.82) is 0 Å². The van der Waals surface area contributed by atoms with Gasteiger partial charge in [0.2, 0.25) is 0 Å². The molecule has 0 radical (unpaired) electrons. The molecule has 0 saturated carbocycles. The summed E-state index contributed by atoms with van der Waals surface area (Å²) in [5.41, 5.74) is 7.56. The molecule has 33 heavy (non-hydrogen) atoms. The predicted octanol–water partition coefficient (Wildman–Crippen LogP) is 5.64. The summed E-state index contributed by atoms with van der Waals surface area (Å²) in [5.74, 6) is -1.10. The number of carbonyl (C=O) groups is 2. The van der Waals surface area contributed by atoms with E-state index < -0.39 is 5.97 Å². The summed E-state index contributed by atoms with van der Waals surface area (Å²) in [6.45, 7) is 8.36. The topological polar surface area (TPSA) is 74.9 Å². The number of aliphatic imine (C=N–C) groups is 1. The zero-order chi connectivity index (χ0) is 23.9. The largest absolute Gasteiger partial charge is 0.478 e. The van der Waals surface area contributed by atoms with E-state index in [9.17, 15) is 9.59 Å². The standard InChI is InChI=1S/C26H25N3O3S/c1-15-7-6-8-22(17(15)3)29-16(2)13-20(18(29)4)14-23-24(30)28(5)26(33-23)27-21-11-9-19(10-12-21)25(31)32/h6-14H,1-5H3,(H,31,32)/b23-14-,27-26?. The Balaban J connectivity index is 1.67. The van der Waals surface area contributed by atoms with Gasteiger partial charge in [-0.25, -0.2) is 9.79 Å². The predicted molar refractivity (Wildman–Crippen MR) is 134 cm³/mol. The molecule has 6 nitrogen and oxygen atoms in total. The first-order valence-corrected chi connectivity index (χ1v) is 11.3. The summed E-state index contributed by atoms with van der Waals surface area (Å²) >= 11 is 1.31. The van der Waals surface area contributed by atoms with Gasteiger partial charge in [-0.15, -0.1) is 0 Å². The van der Waals surface area contributed by atoms with Crippen LogP contribution in [0.1, 0.15) is 38.4 Å². The van der Waals surface area contributed by atoms with Crippen molar-refractivity contribution >= 4 is 40.6 Å². The molecule has 2 heterocycles. The van der Waals surface area contributed by atoms with Crippen molar-refractivity contribution in [3.05, 3.63) is 87.1 Å². The second-order valence-corrected chi connectivity index (χ2v) is 9.11. The number of aromatic carboxylic acids is 1. The second kappa shape index (κ2) is 8.75. The number of amides is 1. The van der Waals surface area contributed by atoms with Gasteiger partial charge in [0.25, 0.3) is 5.91 Å². The van der Waals surface area contributed by atoms with Crippen LogP contribution in [0.4, 0.5) is 5.69 Å². The van der Waals surface area contributed by atoms with Gasteiger partial charge in [-0.3, -0.25) is 9.69 Å². The van der Waals surface area contributed by atoms with Crippen LogP contribution in [0, 0.1) is 27.7 Å². The molecule has 0 atom stereocenters. The fourth-order valence-electron chi connectivity index (χ4n) is 3.86. The summed E-state index contributed by atoms with van der Waals surface area (Å²) in [6, 6.07) is 14.6. The summed E-state index contributed by atoms with van der Waals surface area (Å²) in [5, 5.41) is 9.61. The summed E-state index contributed by atoms with van der Waals surface area (Å²) in [6.07, 6.45) is 1.92. The Kier molecular flexibility index (Phi) is 5.99. The number of carboxylic acids is 1. The fraction of sp³-hybridized carbons (Fsp3) is 0.192. The highest BCUT2D eigenvalue weighted by atomic mass is 32.2. The minimum Gasteiger partial charge on any atom is -0.478 e. The van der Waals surface area contributed by atoms with E-state index in [1.807, 2.05) is 6.08 Å². The Morgan fingerprint density at radius 2 is 1.76 bits per heavy atom. The Morgan fingerprint density at radius 1 is 1.06 bits per heavy atom. The molecule has 2 aromatic carbocycles. The number of hydrogen-bond acceptors (Lipinski definition) is 4. The number of rotatable bonds is 4. The number of nitrogens with zero attached hydrogens (tertiary/aromatic N) is 3. The minimum atomic E-state index is -0.986. The van der Waals surface area contributed by atoms with Gasteiger partial charge in [-0.1, -0.05) is 12.1 Å². The molecule has 3 aromatic rings. The van der Waals surface area contributed by atoms with Gasteiger partial charge in [0.05, 0.1) is 16.2 Å². The highest BCUT2D eigenvalue weighted by Crippen LogP contribution is 2.35. The SMILES string of the molecule is Cc1cccc(-n2c(C)cc(/C=C3\SC(=Nc4ccc(C(=O)O)cc4)N(C)C3=O)c2C)c1C. The molecule has 1 fully saturated rings. The number of aryl methyl sites for hydroxylation is 2. The monoisotopic (exact) mass is 459 g/mol. The van der Waals surface area contributed by atoms with E-state index in [-0.39, 0.29) is 11.5 Å². The molecule has 1 amide bonds. The van der Waals surface area contributed by atoms with Crippen LogP contribution < -0.4 is 0 Å². The number of hydrogen-bond donors (Lipinski definition) is 1. The summed E-state index contributed by atoms with van der Waals surface area (Å²) in [4.78, 5) is 30.6. The summed E-state index contributed by atoms with van der Waals surface area (Å²) < 4.78 is 2.22. The summed E-state index contributed by atoms with van der Waals surface area (Å²) in [7, 11) is 1.69. The van der Waals surface area contributed by atoms with E-state index in [4.69, 9.17) is 5.11 Å². The lowest BCUT2D eigenvalue weighted by atomic mass is 10.1. The van der Waals surface area contributed by atoms with Crippen LogP contribution in [-0.4, -0.2) is 38.7 Å². The van der Waals surface area contributed by atoms with E-state index in [2.05, 4.69) is 61.5 Å². The number of carbonyl (C=O) groups excluding carboxylic acids is 1. The van der Waals surface area contributed by atoms with Crippen LogP contribution in [-0.2, 0) is 4.79 Å². The van der Waals surface area contributed by atoms with Crippen LogP contribution >= 0.6 is 11.8 Å². The molecule has 4 rings (SSSR count). The third kappa shape index (κ3) is 4.24. The molecule has 1 saturated heterocycles. The van der Waals surface area contributed by atoms with Gasteiger partial charge in [-0.2, -0.15) is 0 Å². The molecular weight excluding hydrogens is 434 g/mol. The number of aromatic nitrogens is 1. The minimum absolute atomic E-state index is 0.113. The van der Waals surface area contributed by atoms with E-state index in [1.165, 1.54) is 39.9 Å². The third-order valence-corrected chi connectivity index (χ3v) is 6.98. The van der Waals surface area contributed by atoms with Crippen LogP contribution in [0.15, 0.2) is 58.4 Å². The first kappa shape index (κ1) is 22.6. The van der Waals surface area contributed by atoms with Gasteiger partial charge < -0.3 is 9.67 Å². The van der Waals surface area contributed by atoms with Crippen molar-refractivity contribution in [2.45, 2.75) is 27.7 Å². The number of benzene rings is 2. The quantitative estimate of drug-likeness (QED) is 0.512. The Bertz CT molecular complexity index is 1330. The van der Waals surface area contributed by atoms with Crippen molar-refractivity contribution in [2.75, 3.05) is 7.05 Å². The van der Waals surface area contributed by atoms with Crippen molar-refractivity contribution in [2.24, 2.45) is 4.99 Å². The third-order valence-electron chi connectivity index (χ3n) is 5.92. The first-order chi connectivity index (χ1) is 15.7. The maximum absolute atomic E-state index is 12.9. The highest BCUT2D eigenvalue weighted by Gasteiger charge is 2.30. The zero-order valence-corrected chi connectivity index (χ0v) is 20.0.